The molecule has 1 atom stereocenters. The number of amides is 1. The standard InChI is InChI=1S/C18H27N5O3S/c1-14-4-7-17(20-19-14)22-8-2-3-15(13-22)18(24)21-9-11-23(12-10-21)27(25,26)16-5-6-16/h4,7,15-16H,2-3,5-6,8-13H2,1H3. The molecule has 1 aromatic rings. The van der Waals surface area contributed by atoms with Crippen LogP contribution in [0.1, 0.15) is 31.4 Å². The number of carbonyl (C=O) groups is 1. The second-order valence-corrected chi connectivity index (χ2v) is 10.00. The van der Waals surface area contributed by atoms with E-state index in [-0.39, 0.29) is 17.1 Å². The molecule has 1 unspecified atom stereocenters. The summed E-state index contributed by atoms with van der Waals surface area (Å²) in [5.41, 5.74) is 0.877. The Labute approximate surface area is 160 Å². The molecule has 1 amide bonds. The van der Waals surface area contributed by atoms with Crippen LogP contribution in [0.25, 0.3) is 0 Å². The van der Waals surface area contributed by atoms with Gasteiger partial charge in [-0.05, 0) is 44.7 Å². The van der Waals surface area contributed by atoms with Gasteiger partial charge in [0.25, 0.3) is 0 Å². The van der Waals surface area contributed by atoms with E-state index in [1.807, 2.05) is 24.0 Å². The summed E-state index contributed by atoms with van der Waals surface area (Å²) in [6.45, 7) is 5.26. The largest absolute Gasteiger partial charge is 0.354 e. The van der Waals surface area contributed by atoms with Crippen LogP contribution in [0.3, 0.4) is 0 Å². The smallest absolute Gasteiger partial charge is 0.227 e. The minimum Gasteiger partial charge on any atom is -0.354 e. The summed E-state index contributed by atoms with van der Waals surface area (Å²) < 4.78 is 26.3. The number of rotatable bonds is 4. The fourth-order valence-corrected chi connectivity index (χ4v) is 5.77. The van der Waals surface area contributed by atoms with Crippen molar-refractivity contribution in [1.29, 1.82) is 0 Å². The number of sulfonamides is 1. The second kappa shape index (κ2) is 7.35. The first kappa shape index (κ1) is 18.6. The lowest BCUT2D eigenvalue weighted by atomic mass is 9.96. The summed E-state index contributed by atoms with van der Waals surface area (Å²) in [6.07, 6.45) is 3.37. The number of hydrogen-bond acceptors (Lipinski definition) is 6. The molecule has 0 radical (unpaired) electrons. The van der Waals surface area contributed by atoms with Gasteiger partial charge in [-0.1, -0.05) is 0 Å². The molecule has 0 bridgehead atoms. The van der Waals surface area contributed by atoms with Crippen molar-refractivity contribution < 1.29 is 13.2 Å². The van der Waals surface area contributed by atoms with Gasteiger partial charge in [0.15, 0.2) is 5.82 Å². The van der Waals surface area contributed by atoms with Crippen LogP contribution in [-0.4, -0.2) is 78.2 Å². The lowest BCUT2D eigenvalue weighted by Crippen LogP contribution is -2.54. The Morgan fingerprint density at radius 2 is 1.78 bits per heavy atom. The van der Waals surface area contributed by atoms with E-state index in [4.69, 9.17) is 0 Å². The summed E-state index contributed by atoms with van der Waals surface area (Å²) >= 11 is 0. The molecule has 0 spiro atoms. The van der Waals surface area contributed by atoms with Gasteiger partial charge in [0, 0.05) is 39.3 Å². The Bertz CT molecular complexity index is 786. The van der Waals surface area contributed by atoms with Crippen LogP contribution >= 0.6 is 0 Å². The molecule has 3 heterocycles. The number of carbonyl (C=O) groups excluding carboxylic acids is 1. The maximum Gasteiger partial charge on any atom is 0.227 e. The normalized spacial score (nSPS) is 24.9. The molecular weight excluding hydrogens is 366 g/mol. The third-order valence-electron chi connectivity index (χ3n) is 5.73. The first-order valence-corrected chi connectivity index (χ1v) is 11.3. The van der Waals surface area contributed by atoms with Crippen LogP contribution in [0.2, 0.25) is 0 Å². The van der Waals surface area contributed by atoms with E-state index < -0.39 is 10.0 Å². The van der Waals surface area contributed by atoms with E-state index in [0.717, 1.165) is 43.7 Å². The maximum atomic E-state index is 13.0. The molecule has 8 nitrogen and oxygen atoms in total. The van der Waals surface area contributed by atoms with Crippen molar-refractivity contribution in [3.63, 3.8) is 0 Å². The number of hydrogen-bond donors (Lipinski definition) is 0. The Kier molecular flexibility index (Phi) is 5.07. The summed E-state index contributed by atoms with van der Waals surface area (Å²) in [5.74, 6) is 0.898. The Balaban J connectivity index is 1.35. The summed E-state index contributed by atoms with van der Waals surface area (Å²) in [5, 5.41) is 8.18. The van der Waals surface area contributed by atoms with Crippen molar-refractivity contribution in [2.75, 3.05) is 44.2 Å². The maximum absolute atomic E-state index is 13.0. The zero-order chi connectivity index (χ0) is 19.0. The van der Waals surface area contributed by atoms with Crippen LogP contribution in [-0.2, 0) is 14.8 Å². The molecular formula is C18H27N5O3S. The third-order valence-corrected chi connectivity index (χ3v) is 8.13. The van der Waals surface area contributed by atoms with Crippen LogP contribution < -0.4 is 4.90 Å². The fourth-order valence-electron chi connectivity index (χ4n) is 3.95. The van der Waals surface area contributed by atoms with Gasteiger partial charge in [0.05, 0.1) is 16.9 Å². The van der Waals surface area contributed by atoms with Gasteiger partial charge in [-0.25, -0.2) is 8.42 Å². The molecule has 1 saturated carbocycles. The van der Waals surface area contributed by atoms with E-state index in [2.05, 4.69) is 15.1 Å². The van der Waals surface area contributed by atoms with Gasteiger partial charge < -0.3 is 9.80 Å². The van der Waals surface area contributed by atoms with E-state index >= 15 is 0 Å². The highest BCUT2D eigenvalue weighted by Crippen LogP contribution is 2.31. The van der Waals surface area contributed by atoms with Crippen LogP contribution in [0, 0.1) is 12.8 Å². The summed E-state index contributed by atoms with van der Waals surface area (Å²) in [7, 11) is -3.14. The molecule has 2 aliphatic heterocycles. The number of anilines is 1. The minimum absolute atomic E-state index is 0.0616. The molecule has 9 heteroatoms. The van der Waals surface area contributed by atoms with Gasteiger partial charge >= 0.3 is 0 Å². The molecule has 0 N–H and O–H groups in total. The highest BCUT2D eigenvalue weighted by Gasteiger charge is 2.42. The topological polar surface area (TPSA) is 86.7 Å². The van der Waals surface area contributed by atoms with Gasteiger partial charge in [-0.3, -0.25) is 4.79 Å². The molecule has 1 aliphatic carbocycles. The number of aryl methyl sites for hydroxylation is 1. The monoisotopic (exact) mass is 393 g/mol. The molecule has 3 fully saturated rings. The zero-order valence-corrected chi connectivity index (χ0v) is 16.6. The Hall–Kier alpha value is -1.74. The van der Waals surface area contributed by atoms with Crippen molar-refractivity contribution in [3.05, 3.63) is 17.8 Å². The molecule has 1 aromatic heterocycles. The number of piperazine rings is 1. The number of piperidine rings is 1. The van der Waals surface area contributed by atoms with Crippen molar-refractivity contribution in [2.45, 2.75) is 37.9 Å². The molecule has 4 rings (SSSR count). The number of nitrogens with zero attached hydrogens (tertiary/aromatic N) is 5. The highest BCUT2D eigenvalue weighted by molar-refractivity contribution is 7.90. The quantitative estimate of drug-likeness (QED) is 0.746. The van der Waals surface area contributed by atoms with Crippen LogP contribution in [0.15, 0.2) is 12.1 Å². The predicted octanol–water partition coefficient (Wildman–Crippen LogP) is 0.638. The number of aromatic nitrogens is 2. The third kappa shape index (κ3) is 3.94. The fraction of sp³-hybridized carbons (Fsp3) is 0.722. The van der Waals surface area contributed by atoms with E-state index in [1.165, 1.54) is 0 Å². The molecule has 2 saturated heterocycles. The predicted molar refractivity (Wildman–Crippen MR) is 102 cm³/mol. The van der Waals surface area contributed by atoms with Gasteiger partial charge in [0.2, 0.25) is 15.9 Å². The Morgan fingerprint density at radius 1 is 1.04 bits per heavy atom. The minimum atomic E-state index is -3.14. The van der Waals surface area contributed by atoms with Gasteiger partial charge in [-0.15, -0.1) is 5.10 Å². The van der Waals surface area contributed by atoms with Gasteiger partial charge in [-0.2, -0.15) is 9.40 Å². The Morgan fingerprint density at radius 3 is 2.41 bits per heavy atom. The van der Waals surface area contributed by atoms with E-state index in [0.29, 0.717) is 32.7 Å². The average molecular weight is 394 g/mol. The van der Waals surface area contributed by atoms with Crippen molar-refractivity contribution in [2.24, 2.45) is 5.92 Å². The summed E-state index contributed by atoms with van der Waals surface area (Å²) in [6, 6.07) is 3.89. The second-order valence-electron chi connectivity index (χ2n) is 7.79. The van der Waals surface area contributed by atoms with Gasteiger partial charge in [0.1, 0.15) is 0 Å². The van der Waals surface area contributed by atoms with E-state index in [1.54, 1.807) is 4.31 Å². The van der Waals surface area contributed by atoms with Crippen LogP contribution in [0.4, 0.5) is 5.82 Å². The SMILES string of the molecule is Cc1ccc(N2CCCC(C(=O)N3CCN(S(=O)(=O)C4CC4)CC3)C2)nn1. The molecule has 3 aliphatic rings. The average Bonchev–Trinajstić information content (AvgIpc) is 3.54. The summed E-state index contributed by atoms with van der Waals surface area (Å²) in [4.78, 5) is 17.0. The molecule has 148 valence electrons. The highest BCUT2D eigenvalue weighted by atomic mass is 32.2. The van der Waals surface area contributed by atoms with Crippen LogP contribution in [0.5, 0.6) is 0 Å². The first-order valence-electron chi connectivity index (χ1n) is 9.78. The lowest BCUT2D eigenvalue weighted by molar-refractivity contribution is -0.137. The van der Waals surface area contributed by atoms with Crippen molar-refractivity contribution in [3.8, 4) is 0 Å². The van der Waals surface area contributed by atoms with Crippen molar-refractivity contribution >= 4 is 21.7 Å². The first-order chi connectivity index (χ1) is 12.9. The van der Waals surface area contributed by atoms with Crippen molar-refractivity contribution in [1.82, 2.24) is 19.4 Å². The van der Waals surface area contributed by atoms with E-state index in [9.17, 15) is 13.2 Å². The molecule has 27 heavy (non-hydrogen) atoms. The lowest BCUT2D eigenvalue weighted by Gasteiger charge is -2.38. The zero-order valence-electron chi connectivity index (χ0n) is 15.7. The molecule has 0 aromatic carbocycles.